The molecule has 1 N–H and O–H groups in total. The molecule has 1 unspecified atom stereocenters. The van der Waals surface area contributed by atoms with Crippen molar-refractivity contribution in [3.63, 3.8) is 0 Å². The number of hydrogen-bond acceptors (Lipinski definition) is 4. The summed E-state index contributed by atoms with van der Waals surface area (Å²) in [6, 6.07) is 13.0. The van der Waals surface area contributed by atoms with Gasteiger partial charge in [-0.1, -0.05) is 43.5 Å². The molecule has 0 aliphatic heterocycles. The Kier molecular flexibility index (Phi) is 7.86. The molecule has 7 heteroatoms. The first-order chi connectivity index (χ1) is 16.9. The Labute approximate surface area is 207 Å². The SMILES string of the molecule is COCCN(C(=O)NC1CCCCC1)C(C)c1nc2ccccc2c(=O)n1-c1cc(C)ccc1C. The first kappa shape index (κ1) is 24.9. The van der Waals surface area contributed by atoms with Crippen molar-refractivity contribution in [1.82, 2.24) is 19.8 Å². The first-order valence-electron chi connectivity index (χ1n) is 12.6. The number of carbonyl (C=O) groups is 1. The van der Waals surface area contributed by atoms with E-state index in [9.17, 15) is 9.59 Å². The predicted octanol–water partition coefficient (Wildman–Crippen LogP) is 5.05. The van der Waals surface area contributed by atoms with Crippen LogP contribution in [0.15, 0.2) is 47.3 Å². The van der Waals surface area contributed by atoms with Crippen molar-refractivity contribution in [3.8, 4) is 5.69 Å². The topological polar surface area (TPSA) is 76.5 Å². The van der Waals surface area contributed by atoms with Crippen molar-refractivity contribution >= 4 is 16.9 Å². The van der Waals surface area contributed by atoms with E-state index in [0.29, 0.717) is 29.9 Å². The van der Waals surface area contributed by atoms with E-state index in [1.807, 2.05) is 57.2 Å². The summed E-state index contributed by atoms with van der Waals surface area (Å²) in [5, 5.41) is 3.78. The lowest BCUT2D eigenvalue weighted by atomic mass is 9.96. The van der Waals surface area contributed by atoms with Gasteiger partial charge in [-0.3, -0.25) is 9.36 Å². The Morgan fingerprint density at radius 3 is 2.66 bits per heavy atom. The second kappa shape index (κ2) is 11.0. The summed E-state index contributed by atoms with van der Waals surface area (Å²) in [5.74, 6) is 0.539. The number of fused-ring (bicyclic) bond motifs is 1. The third kappa shape index (κ3) is 5.40. The smallest absolute Gasteiger partial charge is 0.318 e. The van der Waals surface area contributed by atoms with Gasteiger partial charge in [0.1, 0.15) is 5.82 Å². The largest absolute Gasteiger partial charge is 0.383 e. The number of nitrogens with one attached hydrogen (secondary N) is 1. The van der Waals surface area contributed by atoms with Crippen molar-refractivity contribution in [2.75, 3.05) is 20.3 Å². The van der Waals surface area contributed by atoms with E-state index in [1.165, 1.54) is 6.42 Å². The lowest BCUT2D eigenvalue weighted by molar-refractivity contribution is 0.127. The van der Waals surface area contributed by atoms with E-state index >= 15 is 0 Å². The molecule has 1 aliphatic rings. The van der Waals surface area contributed by atoms with Crippen LogP contribution in [-0.2, 0) is 4.74 Å². The fourth-order valence-corrected chi connectivity index (χ4v) is 4.93. The highest BCUT2D eigenvalue weighted by Crippen LogP contribution is 2.26. The zero-order valence-corrected chi connectivity index (χ0v) is 21.2. The molecule has 1 aromatic heterocycles. The van der Waals surface area contributed by atoms with Gasteiger partial charge in [-0.25, -0.2) is 9.78 Å². The molecule has 1 heterocycles. The van der Waals surface area contributed by atoms with Gasteiger partial charge >= 0.3 is 6.03 Å². The van der Waals surface area contributed by atoms with Gasteiger partial charge in [-0.15, -0.1) is 0 Å². The van der Waals surface area contributed by atoms with Crippen LogP contribution in [0.25, 0.3) is 16.6 Å². The average molecular weight is 477 g/mol. The molecule has 1 saturated carbocycles. The van der Waals surface area contributed by atoms with Crippen LogP contribution >= 0.6 is 0 Å². The summed E-state index contributed by atoms with van der Waals surface area (Å²) in [4.78, 5) is 34.0. The number of aryl methyl sites for hydroxylation is 2. The van der Waals surface area contributed by atoms with Gasteiger partial charge in [0.2, 0.25) is 0 Å². The van der Waals surface area contributed by atoms with Gasteiger partial charge in [0, 0.05) is 19.7 Å². The summed E-state index contributed by atoms with van der Waals surface area (Å²) in [6.07, 6.45) is 5.49. The zero-order valence-electron chi connectivity index (χ0n) is 21.2. The Bertz CT molecular complexity index is 1250. The molecule has 1 aliphatic carbocycles. The zero-order chi connectivity index (χ0) is 24.9. The summed E-state index contributed by atoms with van der Waals surface area (Å²) >= 11 is 0. The van der Waals surface area contributed by atoms with E-state index in [2.05, 4.69) is 5.32 Å². The molecular formula is C28H36N4O3. The molecule has 2 amide bonds. The second-order valence-electron chi connectivity index (χ2n) is 9.56. The van der Waals surface area contributed by atoms with Crippen molar-refractivity contribution in [1.29, 1.82) is 0 Å². The summed E-state index contributed by atoms with van der Waals surface area (Å²) in [6.45, 7) is 6.72. The quantitative estimate of drug-likeness (QED) is 0.517. The number of rotatable bonds is 7. The Balaban J connectivity index is 1.82. The van der Waals surface area contributed by atoms with Gasteiger partial charge < -0.3 is 15.0 Å². The molecule has 0 bridgehead atoms. The molecule has 1 atom stereocenters. The van der Waals surface area contributed by atoms with Crippen LogP contribution in [0.2, 0.25) is 0 Å². The Hall–Kier alpha value is -3.19. The lowest BCUT2D eigenvalue weighted by Crippen LogP contribution is -2.48. The number of carbonyl (C=O) groups excluding carboxylic acids is 1. The average Bonchev–Trinajstić information content (AvgIpc) is 2.86. The number of hydrogen-bond donors (Lipinski definition) is 1. The number of aromatic nitrogens is 2. The fraction of sp³-hybridized carbons (Fsp3) is 0.464. The van der Waals surface area contributed by atoms with Gasteiger partial charge in [-0.05, 0) is 62.9 Å². The summed E-state index contributed by atoms with van der Waals surface area (Å²) in [5.41, 5.74) is 3.30. The van der Waals surface area contributed by atoms with Gasteiger partial charge in [-0.2, -0.15) is 0 Å². The fourth-order valence-electron chi connectivity index (χ4n) is 4.93. The minimum Gasteiger partial charge on any atom is -0.383 e. The normalized spacial score (nSPS) is 15.2. The molecular weight excluding hydrogens is 440 g/mol. The van der Waals surface area contributed by atoms with E-state index in [4.69, 9.17) is 9.72 Å². The molecule has 186 valence electrons. The van der Waals surface area contributed by atoms with Crippen LogP contribution in [0.5, 0.6) is 0 Å². The van der Waals surface area contributed by atoms with Crippen LogP contribution in [0.1, 0.15) is 62.0 Å². The van der Waals surface area contributed by atoms with Gasteiger partial charge in [0.25, 0.3) is 5.56 Å². The maximum atomic E-state index is 13.8. The van der Waals surface area contributed by atoms with Crippen LogP contribution in [0.3, 0.4) is 0 Å². The number of urea groups is 1. The molecule has 2 aromatic carbocycles. The van der Waals surface area contributed by atoms with Crippen molar-refractivity contribution < 1.29 is 9.53 Å². The maximum absolute atomic E-state index is 13.8. The van der Waals surface area contributed by atoms with Crippen molar-refractivity contribution in [2.45, 2.75) is 65.0 Å². The maximum Gasteiger partial charge on any atom is 0.318 e. The predicted molar refractivity (Wildman–Crippen MR) is 139 cm³/mol. The van der Waals surface area contributed by atoms with Crippen LogP contribution in [0, 0.1) is 13.8 Å². The number of nitrogens with zero attached hydrogens (tertiary/aromatic N) is 3. The van der Waals surface area contributed by atoms with E-state index in [0.717, 1.165) is 42.5 Å². The van der Waals surface area contributed by atoms with E-state index < -0.39 is 6.04 Å². The number of methoxy groups -OCH3 is 1. The van der Waals surface area contributed by atoms with Crippen LogP contribution < -0.4 is 10.9 Å². The molecule has 0 spiro atoms. The highest BCUT2D eigenvalue weighted by atomic mass is 16.5. The first-order valence-corrected chi connectivity index (χ1v) is 12.6. The lowest BCUT2D eigenvalue weighted by Gasteiger charge is -2.33. The minimum atomic E-state index is -0.453. The van der Waals surface area contributed by atoms with Crippen molar-refractivity contribution in [2.24, 2.45) is 0 Å². The number of benzene rings is 2. The molecule has 35 heavy (non-hydrogen) atoms. The Morgan fingerprint density at radius 2 is 1.91 bits per heavy atom. The number of amides is 2. The summed E-state index contributed by atoms with van der Waals surface area (Å²) in [7, 11) is 1.63. The highest BCUT2D eigenvalue weighted by Gasteiger charge is 2.28. The standard InChI is InChI=1S/C28H36N4O3/c1-19-14-15-20(2)25(18-19)32-26(30-24-13-9-8-12-23(24)27(32)33)21(3)31(16-17-35-4)28(34)29-22-10-6-5-7-11-22/h8-9,12-15,18,21-22H,5-7,10-11,16-17H2,1-4H3,(H,29,34). The highest BCUT2D eigenvalue weighted by molar-refractivity contribution is 5.78. The van der Waals surface area contributed by atoms with Crippen LogP contribution in [0.4, 0.5) is 4.79 Å². The van der Waals surface area contributed by atoms with Crippen molar-refractivity contribution in [3.05, 3.63) is 69.8 Å². The molecule has 4 rings (SSSR count). The summed E-state index contributed by atoms with van der Waals surface area (Å²) < 4.78 is 7.02. The monoisotopic (exact) mass is 476 g/mol. The molecule has 7 nitrogen and oxygen atoms in total. The molecule has 0 radical (unpaired) electrons. The minimum absolute atomic E-state index is 0.134. The number of ether oxygens (including phenoxy) is 1. The Morgan fingerprint density at radius 1 is 1.17 bits per heavy atom. The number of para-hydroxylation sites is 1. The third-order valence-corrected chi connectivity index (χ3v) is 6.98. The van der Waals surface area contributed by atoms with E-state index in [-0.39, 0.29) is 17.6 Å². The van der Waals surface area contributed by atoms with E-state index in [1.54, 1.807) is 22.6 Å². The van der Waals surface area contributed by atoms with Gasteiger partial charge in [0.05, 0.1) is 29.2 Å². The molecule has 0 saturated heterocycles. The van der Waals surface area contributed by atoms with Crippen LogP contribution in [-0.4, -0.2) is 46.8 Å². The van der Waals surface area contributed by atoms with Gasteiger partial charge in [0.15, 0.2) is 0 Å². The molecule has 1 fully saturated rings. The third-order valence-electron chi connectivity index (χ3n) is 6.98. The second-order valence-corrected chi connectivity index (χ2v) is 9.56. The molecule has 3 aromatic rings.